The smallest absolute Gasteiger partial charge is 0.119 e. The van der Waals surface area contributed by atoms with Crippen LogP contribution in [0.3, 0.4) is 0 Å². The Hall–Kier alpha value is -9.20. The first kappa shape index (κ1) is 110. The van der Waals surface area contributed by atoms with E-state index in [1.807, 2.05) is 260 Å². The van der Waals surface area contributed by atoms with Crippen LogP contribution in [-0.4, -0.2) is 256 Å². The molecule has 0 aliphatic heterocycles. The summed E-state index contributed by atoms with van der Waals surface area (Å²) < 4.78 is 0. The number of halogens is 8. The Morgan fingerprint density at radius 2 is 0.463 bits per heavy atom. The van der Waals surface area contributed by atoms with E-state index < -0.39 is 9.75 Å². The number of aliphatic hydroxyl groups excluding tert-OH is 14. The maximum Gasteiger partial charge on any atom is 0.119 e. The molecule has 16 N–H and O–H groups in total. The van der Waals surface area contributed by atoms with Crippen molar-refractivity contribution in [3.05, 3.63) is 375 Å². The Bertz CT molecular complexity index is 5240. The molecule has 30 heteroatoms. The molecule has 0 unspecified atom stereocenters. The van der Waals surface area contributed by atoms with Crippen LogP contribution in [0.25, 0.3) is 0 Å². The van der Waals surface area contributed by atoms with Gasteiger partial charge in [-0.1, -0.05) is 197 Å². The number of aryl methyl sites for hydroxylation is 2. The van der Waals surface area contributed by atoms with E-state index in [1.54, 1.807) is 0 Å². The van der Waals surface area contributed by atoms with Crippen molar-refractivity contribution in [3.8, 4) is 0 Å². The quantitative estimate of drug-likeness (QED) is 0.0124. The third-order valence-electron chi connectivity index (χ3n) is 23.2. The van der Waals surface area contributed by atoms with Crippen molar-refractivity contribution in [3.63, 3.8) is 0 Å². The Morgan fingerprint density at radius 3 is 0.721 bits per heavy atom. The predicted octanol–water partition coefficient (Wildman–Crippen LogP) is 16.3. The number of hydrogen-bond donors (Lipinski definition) is 16. The second-order valence-corrected chi connectivity index (χ2v) is 35.6. The zero-order valence-electron chi connectivity index (χ0n) is 76.3. The lowest BCUT2D eigenvalue weighted by molar-refractivity contribution is 0.280. The van der Waals surface area contributed by atoms with Crippen LogP contribution >= 0.6 is 92.8 Å². The first-order valence-corrected chi connectivity index (χ1v) is 48.1. The van der Waals surface area contributed by atoms with Crippen LogP contribution in [0.5, 0.6) is 0 Å². The predicted molar refractivity (Wildman–Crippen MR) is 560 cm³/mol. The highest BCUT2D eigenvalue weighted by atomic mass is 35.5. The van der Waals surface area contributed by atoms with Crippen LogP contribution in [0.15, 0.2) is 267 Å². The second kappa shape index (κ2) is 57.4. The van der Waals surface area contributed by atoms with Gasteiger partial charge in [0.15, 0.2) is 0 Å². The topological polar surface area (TPSA) is 327 Å². The average Bonchev–Trinajstić information content (AvgIpc) is 0.744. The summed E-state index contributed by atoms with van der Waals surface area (Å²) in [6.45, 7) is 10.1. The normalized spacial score (nSPS) is 11.3. The van der Waals surface area contributed by atoms with E-state index >= 15 is 0 Å². The monoisotopic (exact) mass is 2010 g/mol. The van der Waals surface area contributed by atoms with Gasteiger partial charge in [0.25, 0.3) is 0 Å². The highest BCUT2D eigenvalue weighted by Gasteiger charge is 2.37. The third kappa shape index (κ3) is 30.2. The highest BCUT2D eigenvalue weighted by molar-refractivity contribution is 6.34. The van der Waals surface area contributed by atoms with Crippen LogP contribution in [-0.2, 0) is 9.75 Å². The van der Waals surface area contributed by atoms with E-state index in [1.165, 1.54) is 0 Å². The molecule has 0 spiro atoms. The zero-order chi connectivity index (χ0) is 98.1. The molecule has 0 radical (unpaired) electrons. The van der Waals surface area contributed by atoms with Gasteiger partial charge in [-0.25, -0.2) is 0 Å². The van der Waals surface area contributed by atoms with Crippen LogP contribution < -0.4 is 40.0 Å². The van der Waals surface area contributed by atoms with Gasteiger partial charge in [0.05, 0.1) is 92.5 Å². The molecule has 0 saturated carbocycles. The molecule has 12 aromatic carbocycles. The molecule has 0 aromatic heterocycles. The van der Waals surface area contributed by atoms with Gasteiger partial charge in [-0.15, -0.1) is 23.2 Å². The Morgan fingerprint density at radius 1 is 0.235 bits per heavy atom. The van der Waals surface area contributed by atoms with Crippen LogP contribution in [0.1, 0.15) is 89.7 Å². The molecule has 0 fully saturated rings. The summed E-state index contributed by atoms with van der Waals surface area (Å²) >= 11 is 53.5. The van der Waals surface area contributed by atoms with Gasteiger partial charge in [0.2, 0.25) is 0 Å². The van der Waals surface area contributed by atoms with Crippen molar-refractivity contribution in [2.24, 2.45) is 0 Å². The lowest BCUT2D eigenvalue weighted by Gasteiger charge is -2.31. The number of benzene rings is 12. The molecule has 12 rings (SSSR count). The highest BCUT2D eigenvalue weighted by Crippen LogP contribution is 2.49. The van der Waals surface area contributed by atoms with Crippen LogP contribution in [0.2, 0.25) is 30.1 Å². The number of anilines is 8. The second-order valence-electron chi connectivity index (χ2n) is 31.9. The standard InChI is InChI=1S/C29H37ClN2O4.C27H31Cl3N2O4.C27H32Cl2N2O4.C23H24Cl2N2O2/c1-21-19-25(31(11-15-33)12-16-34)7-9-27(21)29(23-3-5-24(30)6-4-23)28-10-8-26(20-22(28)2)32(13-17-35)14-18-36;28-24-4-2-1-3-21(24)27(22-7-5-19(17-25(22)29)31(9-13-33)10-14-34)23-8-6-20(18-26(23)30)32(11-15-35)12-16-36;28-24-7-1-21(2-8-24)27(29,22-3-9-25(10-4-22)30(13-17-32)14-18-33)23-5-11-26(12-6-23)31(15-19-34)16-20-35;24-20-7-1-17(2-8-20)23(25,18-3-9-21(10-4-18)26-13-15-28)19-5-11-22(12-6-19)27-14-16-29/h3-10,19-20,29,33-36H,11-18H2,1-2H3;1-8,17-18,27,33-36H,9-16H2;1-12,32-35H,13-20H2;1-12,26-29H,13-16H2. The first-order chi connectivity index (χ1) is 65.9. The minimum atomic E-state index is -1.00. The van der Waals surface area contributed by atoms with Gasteiger partial charge >= 0.3 is 0 Å². The fourth-order valence-electron chi connectivity index (χ4n) is 16.5. The molecule has 0 amide bonds. The van der Waals surface area contributed by atoms with Gasteiger partial charge < -0.3 is 112 Å². The Balaban J connectivity index is 0.000000204. The fourth-order valence-corrected chi connectivity index (χ4v) is 18.5. The number of hydrogen-bond acceptors (Lipinski definition) is 22. The summed E-state index contributed by atoms with van der Waals surface area (Å²) in [5.74, 6) is -0.395. The Labute approximate surface area is 838 Å². The lowest BCUT2D eigenvalue weighted by Crippen LogP contribution is -2.30. The van der Waals surface area contributed by atoms with Gasteiger partial charge in [-0.2, -0.15) is 0 Å². The lowest BCUT2D eigenvalue weighted by atomic mass is 9.81. The fraction of sp³-hybridized carbons (Fsp3) is 0.321. The van der Waals surface area contributed by atoms with E-state index in [9.17, 15) is 61.3 Å². The maximum atomic E-state index is 9.45. The maximum absolute atomic E-state index is 9.45. The van der Waals surface area contributed by atoms with Crippen LogP contribution in [0.4, 0.5) is 45.5 Å². The van der Waals surface area contributed by atoms with Crippen molar-refractivity contribution in [1.82, 2.24) is 0 Å². The molecule has 0 atom stereocenters. The summed E-state index contributed by atoms with van der Waals surface area (Å²) in [7, 11) is 0. The number of nitrogens with one attached hydrogen (secondary N) is 2. The molecular formula is C106H124Cl8N8O14. The molecule has 0 aliphatic rings. The van der Waals surface area contributed by atoms with Crippen molar-refractivity contribution in [2.75, 3.05) is 224 Å². The number of nitrogens with zero attached hydrogens (tertiary/aromatic N) is 6. The number of rotatable bonds is 48. The van der Waals surface area contributed by atoms with E-state index in [-0.39, 0.29) is 104 Å². The molecule has 0 aliphatic carbocycles. The molecule has 22 nitrogen and oxygen atoms in total. The van der Waals surface area contributed by atoms with Gasteiger partial charge in [-0.05, 0) is 231 Å². The van der Waals surface area contributed by atoms with Crippen molar-refractivity contribution < 1.29 is 71.5 Å². The van der Waals surface area contributed by atoms with Crippen molar-refractivity contribution in [2.45, 2.75) is 35.4 Å². The van der Waals surface area contributed by atoms with E-state index in [0.29, 0.717) is 122 Å². The molecule has 728 valence electrons. The van der Waals surface area contributed by atoms with E-state index in [2.05, 4.69) is 60.9 Å². The molecular weight excluding hydrogens is 1890 g/mol. The largest absolute Gasteiger partial charge is 0.395 e. The van der Waals surface area contributed by atoms with Crippen LogP contribution in [0, 0.1) is 13.8 Å². The molecule has 0 bridgehead atoms. The summed E-state index contributed by atoms with van der Waals surface area (Å²) in [4.78, 5) is 9.60. The molecule has 12 aromatic rings. The third-order valence-corrected chi connectivity index (χ3v) is 26.3. The minimum Gasteiger partial charge on any atom is -0.395 e. The van der Waals surface area contributed by atoms with E-state index in [0.717, 1.165) is 123 Å². The minimum absolute atomic E-state index is 0.0120. The number of aliphatic hydroxyl groups is 14. The van der Waals surface area contributed by atoms with E-state index in [4.69, 9.17) is 103 Å². The first-order valence-electron chi connectivity index (χ1n) is 45.0. The average molecular weight is 2020 g/mol. The van der Waals surface area contributed by atoms with Crippen molar-refractivity contribution in [1.29, 1.82) is 0 Å². The molecule has 0 heterocycles. The Kier molecular flexibility index (Phi) is 46.6. The van der Waals surface area contributed by atoms with Gasteiger partial charge in [-0.3, -0.25) is 0 Å². The molecule has 0 saturated heterocycles. The van der Waals surface area contributed by atoms with Gasteiger partial charge in [0.1, 0.15) is 9.75 Å². The summed E-state index contributed by atoms with van der Waals surface area (Å²) in [5.41, 5.74) is 20.5. The number of alkyl halides is 2. The van der Waals surface area contributed by atoms with Crippen molar-refractivity contribution >= 4 is 138 Å². The molecule has 136 heavy (non-hydrogen) atoms. The van der Waals surface area contributed by atoms with Gasteiger partial charge in [0, 0.05) is 179 Å². The SMILES string of the molecule is Cc1cc(N(CCO)CCO)ccc1C(c1ccc(Cl)cc1)c1ccc(N(CCO)CCO)cc1C.OCCN(CCO)c1ccc(C(Cl)(c2ccc(Cl)cc2)c2ccc(N(CCO)CCO)cc2)cc1.OCCN(CCO)c1ccc(C(c2ccccc2Cl)c2ccc(N(CCO)CCO)cc2Cl)c(Cl)c1.OCCNc1ccc(C(Cl)(c2ccc(Cl)cc2)c2ccc(NCCO)cc2)cc1. The summed E-state index contributed by atoms with van der Waals surface area (Å²) in [6.07, 6.45) is 0. The zero-order valence-corrected chi connectivity index (χ0v) is 82.4. The summed E-state index contributed by atoms with van der Waals surface area (Å²) in [6, 6.07) is 85.6. The summed E-state index contributed by atoms with van der Waals surface area (Å²) in [5, 5.41) is 141.